The number of hydrogen-bond donors (Lipinski definition) is 2. The molecule has 0 heterocycles. The van der Waals surface area contributed by atoms with Crippen LogP contribution in [0.3, 0.4) is 0 Å². The summed E-state index contributed by atoms with van der Waals surface area (Å²) >= 11 is 0. The highest BCUT2D eigenvalue weighted by molar-refractivity contribution is 5.99. The Hall–Kier alpha value is -1.72. The van der Waals surface area contributed by atoms with Crippen LogP contribution in [0, 0.1) is 0 Å². The van der Waals surface area contributed by atoms with Gasteiger partial charge in [-0.15, -0.1) is 0 Å². The number of aliphatic hydroxyl groups is 1. The fourth-order valence-corrected chi connectivity index (χ4v) is 3.78. The second kappa shape index (κ2) is 17.8. The van der Waals surface area contributed by atoms with E-state index in [0.29, 0.717) is 4.48 Å². The van der Waals surface area contributed by atoms with E-state index in [1.807, 2.05) is 33.3 Å². The zero-order valence-electron chi connectivity index (χ0n) is 21.0. The third-order valence-corrected chi connectivity index (χ3v) is 5.33. The average Bonchev–Trinajstić information content (AvgIpc) is 2.68. The van der Waals surface area contributed by atoms with Crippen molar-refractivity contribution < 1.29 is 24.3 Å². The van der Waals surface area contributed by atoms with Crippen LogP contribution < -0.4 is 0 Å². The zero-order valence-corrected chi connectivity index (χ0v) is 21.0. The van der Waals surface area contributed by atoms with Crippen LogP contribution >= 0.6 is 0 Å². The Kier molecular flexibility index (Phi) is 16.8. The third kappa shape index (κ3) is 17.9. The molecule has 0 aliphatic heterocycles. The molecule has 1 unspecified atom stereocenters. The van der Waals surface area contributed by atoms with Gasteiger partial charge < -0.3 is 14.7 Å². The lowest BCUT2D eigenvalue weighted by atomic mass is 9.92. The monoisotopic (exact) mass is 450 g/mol. The molecule has 0 rings (SSSR count). The highest BCUT2D eigenvalue weighted by Crippen LogP contribution is 2.17. The molecule has 0 saturated heterocycles. The Balaban J connectivity index is 4.04. The van der Waals surface area contributed by atoms with Crippen LogP contribution in [0.4, 0.5) is 0 Å². The Morgan fingerprint density at radius 3 is 1.78 bits per heavy atom. The number of likely N-dealkylation sites (N-methyl/N-ethyl adjacent to an activating group) is 1. The van der Waals surface area contributed by atoms with Gasteiger partial charge in [-0.1, -0.05) is 102 Å². The number of aliphatic carboxylic acids is 1. The fraction of sp³-hybridized carbons (Fsp3) is 0.704. The molecule has 0 saturated carbocycles. The van der Waals surface area contributed by atoms with Crippen molar-refractivity contribution in [3.63, 3.8) is 0 Å². The summed E-state index contributed by atoms with van der Waals surface area (Å²) in [7, 11) is 5.43. The van der Waals surface area contributed by atoms with Gasteiger partial charge in [0, 0.05) is 0 Å². The van der Waals surface area contributed by atoms with E-state index in [1.54, 1.807) is 12.2 Å². The molecule has 0 aromatic heterocycles. The molecule has 0 aromatic rings. The van der Waals surface area contributed by atoms with Crippen LogP contribution in [0.25, 0.3) is 0 Å². The lowest BCUT2D eigenvalue weighted by molar-refractivity contribution is -0.875. The third-order valence-electron chi connectivity index (χ3n) is 5.33. The minimum Gasteiger partial charge on any atom is -0.481 e. The van der Waals surface area contributed by atoms with Crippen LogP contribution in [0.1, 0.15) is 90.4 Å². The number of allylic oxidation sites excluding steroid dienone is 5. The molecule has 0 radical (unpaired) electrons. The molecule has 0 bridgehead atoms. The maximum absolute atomic E-state index is 12.4. The van der Waals surface area contributed by atoms with Crippen molar-refractivity contribution in [3.05, 3.63) is 36.5 Å². The first-order valence-electron chi connectivity index (χ1n) is 12.4. The van der Waals surface area contributed by atoms with Gasteiger partial charge in [-0.25, -0.2) is 0 Å². The Morgan fingerprint density at radius 1 is 0.781 bits per heavy atom. The van der Waals surface area contributed by atoms with Gasteiger partial charge in [-0.05, 0) is 18.9 Å². The fourth-order valence-electron chi connectivity index (χ4n) is 3.78. The van der Waals surface area contributed by atoms with E-state index in [2.05, 4.69) is 13.0 Å². The van der Waals surface area contributed by atoms with E-state index in [1.165, 1.54) is 76.7 Å². The largest absolute Gasteiger partial charge is 0.481 e. The van der Waals surface area contributed by atoms with Crippen LogP contribution in [0.5, 0.6) is 0 Å². The number of quaternary nitrogens is 1. The van der Waals surface area contributed by atoms with E-state index in [-0.39, 0.29) is 6.54 Å². The standard InChI is InChI=1S/C27H47NO4/c1-5-6-7-8-9-10-11-12-13-14-15-16-17-18-19-20-21-22-25(29)27(32,23-26(30)31)24-28(2,3)4/h17-22,32H,5-16,23-24H2,1-4H3/p+1. The lowest BCUT2D eigenvalue weighted by Crippen LogP contribution is -2.54. The van der Waals surface area contributed by atoms with E-state index >= 15 is 0 Å². The quantitative estimate of drug-likeness (QED) is 0.106. The normalized spacial score (nSPS) is 14.5. The number of carbonyl (C=O) groups excluding carboxylic acids is 1. The van der Waals surface area contributed by atoms with Crippen LogP contribution in [-0.4, -0.2) is 59.7 Å². The van der Waals surface area contributed by atoms with Crippen molar-refractivity contribution in [1.82, 2.24) is 0 Å². The van der Waals surface area contributed by atoms with Crippen molar-refractivity contribution in [2.75, 3.05) is 27.7 Å². The number of hydrogen-bond acceptors (Lipinski definition) is 3. The van der Waals surface area contributed by atoms with Gasteiger partial charge in [0.2, 0.25) is 0 Å². The lowest BCUT2D eigenvalue weighted by Gasteiger charge is -2.33. The summed E-state index contributed by atoms with van der Waals surface area (Å²) in [4.78, 5) is 23.4. The van der Waals surface area contributed by atoms with Crippen molar-refractivity contribution in [1.29, 1.82) is 0 Å². The summed E-state index contributed by atoms with van der Waals surface area (Å²) in [5.41, 5.74) is -1.90. The number of carboxylic acids is 1. The Morgan fingerprint density at radius 2 is 1.28 bits per heavy atom. The van der Waals surface area contributed by atoms with Crippen molar-refractivity contribution in [2.24, 2.45) is 0 Å². The maximum atomic E-state index is 12.4. The van der Waals surface area contributed by atoms with Gasteiger partial charge >= 0.3 is 5.97 Å². The molecule has 0 aliphatic rings. The Bertz CT molecular complexity index is 601. The molecule has 0 spiro atoms. The molecule has 0 amide bonds. The smallest absolute Gasteiger partial charge is 0.307 e. The van der Waals surface area contributed by atoms with E-state index in [9.17, 15) is 14.7 Å². The highest BCUT2D eigenvalue weighted by atomic mass is 16.4. The summed E-state index contributed by atoms with van der Waals surface area (Å²) in [6, 6.07) is 0. The molecule has 5 nitrogen and oxygen atoms in total. The summed E-state index contributed by atoms with van der Waals surface area (Å²) in [6.45, 7) is 2.29. The molecule has 1 atom stereocenters. The summed E-state index contributed by atoms with van der Waals surface area (Å²) in [5.74, 6) is -1.77. The number of unbranched alkanes of at least 4 members (excludes halogenated alkanes) is 11. The number of carbonyl (C=O) groups is 2. The summed E-state index contributed by atoms with van der Waals surface area (Å²) < 4.78 is 0.293. The van der Waals surface area contributed by atoms with Gasteiger partial charge in [0.05, 0.1) is 27.6 Å². The summed E-state index contributed by atoms with van der Waals surface area (Å²) in [6.07, 6.45) is 25.7. The first kappa shape index (κ1) is 30.3. The molecule has 2 N–H and O–H groups in total. The number of carboxylic acid groups (broad SMARTS) is 1. The van der Waals surface area contributed by atoms with Crippen LogP contribution in [0.15, 0.2) is 36.5 Å². The molecule has 184 valence electrons. The Labute approximate surface area is 196 Å². The van der Waals surface area contributed by atoms with Gasteiger partial charge in [-0.3, -0.25) is 9.59 Å². The van der Waals surface area contributed by atoms with E-state index in [0.717, 1.165) is 6.42 Å². The molecule has 32 heavy (non-hydrogen) atoms. The SMILES string of the molecule is CCCCCCCCCCCCCC=CC=CC=CC(=O)C(O)(CC(=O)O)C[N+](C)(C)C. The van der Waals surface area contributed by atoms with Crippen molar-refractivity contribution >= 4 is 11.8 Å². The molecule has 0 fully saturated rings. The minimum atomic E-state index is -1.90. The predicted molar refractivity (Wildman–Crippen MR) is 134 cm³/mol. The predicted octanol–water partition coefficient (Wildman–Crippen LogP) is 5.84. The number of rotatable bonds is 20. The molecule has 0 aromatic carbocycles. The average molecular weight is 451 g/mol. The molecular formula is C27H48NO4+. The van der Waals surface area contributed by atoms with Crippen molar-refractivity contribution in [2.45, 2.75) is 96.0 Å². The van der Waals surface area contributed by atoms with Gasteiger partial charge in [0.1, 0.15) is 6.54 Å². The van der Waals surface area contributed by atoms with Gasteiger partial charge in [0.15, 0.2) is 11.4 Å². The van der Waals surface area contributed by atoms with Crippen LogP contribution in [0.2, 0.25) is 0 Å². The molecule has 5 heteroatoms. The molecule has 0 aliphatic carbocycles. The van der Waals surface area contributed by atoms with E-state index in [4.69, 9.17) is 5.11 Å². The molecular weight excluding hydrogens is 402 g/mol. The maximum Gasteiger partial charge on any atom is 0.307 e. The summed E-state index contributed by atoms with van der Waals surface area (Å²) in [5, 5.41) is 19.6. The first-order chi connectivity index (χ1) is 15.1. The van der Waals surface area contributed by atoms with Gasteiger partial charge in [-0.2, -0.15) is 0 Å². The van der Waals surface area contributed by atoms with Crippen LogP contribution in [-0.2, 0) is 9.59 Å². The topological polar surface area (TPSA) is 74.6 Å². The highest BCUT2D eigenvalue weighted by Gasteiger charge is 2.41. The van der Waals surface area contributed by atoms with Gasteiger partial charge in [0.25, 0.3) is 0 Å². The van der Waals surface area contributed by atoms with Crippen molar-refractivity contribution in [3.8, 4) is 0 Å². The minimum absolute atomic E-state index is 0.0328. The zero-order chi connectivity index (χ0) is 24.3. The number of nitrogens with zero attached hydrogens (tertiary/aromatic N) is 1. The second-order valence-electron chi connectivity index (χ2n) is 9.91. The van der Waals surface area contributed by atoms with E-state index < -0.39 is 23.8 Å². The second-order valence-corrected chi connectivity index (χ2v) is 9.91. The first-order valence-corrected chi connectivity index (χ1v) is 12.4. The number of ketones is 1.